The van der Waals surface area contributed by atoms with Gasteiger partial charge in [-0.3, -0.25) is 10.1 Å². The van der Waals surface area contributed by atoms with Crippen molar-refractivity contribution < 1.29 is 37.0 Å². The fourth-order valence-electron chi connectivity index (χ4n) is 3.35. The largest absolute Gasteiger partial charge is 0.447 e. The molecule has 0 unspecified atom stereocenters. The van der Waals surface area contributed by atoms with Crippen LogP contribution >= 0.6 is 11.6 Å². The van der Waals surface area contributed by atoms with Crippen molar-refractivity contribution in [2.75, 3.05) is 25.1 Å². The number of carbonyl (C=O) groups is 2. The van der Waals surface area contributed by atoms with E-state index in [1.54, 1.807) is 6.07 Å². The topological polar surface area (TPSA) is 113 Å². The summed E-state index contributed by atoms with van der Waals surface area (Å²) in [6.07, 6.45) is -0.654. The number of fused-ring (bicyclic) bond motifs is 1. The number of rotatable bonds is 11. The summed E-state index contributed by atoms with van der Waals surface area (Å²) in [5.41, 5.74) is 0.392. The molecule has 3 rings (SSSR count). The Morgan fingerprint density at radius 2 is 1.92 bits per heavy atom. The van der Waals surface area contributed by atoms with E-state index in [1.165, 1.54) is 42.6 Å². The van der Waals surface area contributed by atoms with Gasteiger partial charge in [-0.1, -0.05) is 23.7 Å². The van der Waals surface area contributed by atoms with E-state index in [4.69, 9.17) is 21.4 Å². The standard InChI is InChI=1S/C24H23ClF4N4O4/c25-22-15(2-1-3-19(22)27)9-30-11-21(35)32-18(8-24(28,29)13-34)12-37-23(36)33-20-7-16-6-17(26)5-4-14(16)10-31-20/h1-7,10,18,30,34H,8-9,11-13H2,(H,32,35)(H,31,33,36)/t18-/m0/s1. The molecule has 0 aliphatic carbocycles. The van der Waals surface area contributed by atoms with Gasteiger partial charge in [-0.2, -0.15) is 0 Å². The first-order chi connectivity index (χ1) is 17.6. The summed E-state index contributed by atoms with van der Waals surface area (Å²) in [7, 11) is 0. The molecule has 2 amide bonds. The van der Waals surface area contributed by atoms with Crippen molar-refractivity contribution in [1.82, 2.24) is 15.6 Å². The second-order valence-electron chi connectivity index (χ2n) is 8.08. The van der Waals surface area contributed by atoms with Gasteiger partial charge in [0.1, 0.15) is 30.7 Å². The van der Waals surface area contributed by atoms with Gasteiger partial charge >= 0.3 is 6.09 Å². The number of alkyl halides is 2. The number of aliphatic hydroxyl groups is 1. The van der Waals surface area contributed by atoms with Crippen LogP contribution in [-0.4, -0.2) is 53.8 Å². The SMILES string of the molecule is O=C(CNCc1cccc(F)c1Cl)N[C@H](COC(=O)Nc1cc2cc(F)ccc2cn1)CC(F)(F)CO. The monoisotopic (exact) mass is 542 g/mol. The second kappa shape index (κ2) is 12.7. The van der Waals surface area contributed by atoms with Crippen LogP contribution in [0.3, 0.4) is 0 Å². The number of hydrogen-bond donors (Lipinski definition) is 4. The average Bonchev–Trinajstić information content (AvgIpc) is 2.84. The third-order valence-corrected chi connectivity index (χ3v) is 5.53. The molecule has 198 valence electrons. The number of hydrogen-bond acceptors (Lipinski definition) is 6. The van der Waals surface area contributed by atoms with E-state index in [2.05, 4.69) is 20.9 Å². The molecule has 0 saturated carbocycles. The zero-order chi connectivity index (χ0) is 27.0. The maximum Gasteiger partial charge on any atom is 0.412 e. The van der Waals surface area contributed by atoms with Gasteiger partial charge in [0.05, 0.1) is 17.6 Å². The highest BCUT2D eigenvalue weighted by molar-refractivity contribution is 6.31. The number of aliphatic hydroxyl groups excluding tert-OH is 1. The quantitative estimate of drug-likeness (QED) is 0.272. The predicted octanol–water partition coefficient (Wildman–Crippen LogP) is 4.01. The number of benzene rings is 2. The van der Waals surface area contributed by atoms with Gasteiger partial charge in [0, 0.05) is 24.5 Å². The number of nitrogens with one attached hydrogen (secondary N) is 3. The van der Waals surface area contributed by atoms with Crippen LogP contribution in [0.2, 0.25) is 5.02 Å². The van der Waals surface area contributed by atoms with Crippen molar-refractivity contribution in [1.29, 1.82) is 0 Å². The number of pyridine rings is 1. The molecule has 4 N–H and O–H groups in total. The fraction of sp³-hybridized carbons (Fsp3) is 0.292. The van der Waals surface area contributed by atoms with Gasteiger partial charge in [-0.15, -0.1) is 0 Å². The van der Waals surface area contributed by atoms with Crippen LogP contribution in [-0.2, 0) is 16.1 Å². The van der Waals surface area contributed by atoms with E-state index >= 15 is 0 Å². The molecule has 1 atom stereocenters. The molecule has 2 aromatic carbocycles. The van der Waals surface area contributed by atoms with Crippen LogP contribution in [0.4, 0.5) is 28.2 Å². The van der Waals surface area contributed by atoms with E-state index in [-0.39, 0.29) is 23.9 Å². The molecule has 8 nitrogen and oxygen atoms in total. The molecule has 0 aliphatic heterocycles. The summed E-state index contributed by atoms with van der Waals surface area (Å²) in [4.78, 5) is 28.4. The van der Waals surface area contributed by atoms with E-state index in [0.717, 1.165) is 0 Å². The number of nitrogens with zero attached hydrogens (tertiary/aromatic N) is 1. The number of halogens is 5. The van der Waals surface area contributed by atoms with Crippen LogP contribution in [0.15, 0.2) is 48.7 Å². The zero-order valence-electron chi connectivity index (χ0n) is 19.2. The van der Waals surface area contributed by atoms with Gasteiger partial charge in [0.2, 0.25) is 5.91 Å². The Kier molecular flexibility index (Phi) is 9.61. The molecule has 0 saturated heterocycles. The van der Waals surface area contributed by atoms with Gasteiger partial charge in [0.15, 0.2) is 0 Å². The Hall–Kier alpha value is -3.48. The lowest BCUT2D eigenvalue weighted by Gasteiger charge is -2.23. The first-order valence-corrected chi connectivity index (χ1v) is 11.3. The van der Waals surface area contributed by atoms with Crippen molar-refractivity contribution in [2.45, 2.75) is 24.9 Å². The van der Waals surface area contributed by atoms with Crippen molar-refractivity contribution in [3.63, 3.8) is 0 Å². The lowest BCUT2D eigenvalue weighted by Crippen LogP contribution is -2.46. The molecule has 0 aliphatic rings. The highest BCUT2D eigenvalue weighted by Gasteiger charge is 2.33. The number of ether oxygens (including phenoxy) is 1. The lowest BCUT2D eigenvalue weighted by atomic mass is 10.1. The zero-order valence-corrected chi connectivity index (χ0v) is 20.0. The van der Waals surface area contributed by atoms with Crippen molar-refractivity contribution >= 4 is 40.2 Å². The van der Waals surface area contributed by atoms with E-state index in [9.17, 15) is 27.2 Å². The Morgan fingerprint density at radius 3 is 2.68 bits per heavy atom. The maximum absolute atomic E-state index is 13.8. The number of anilines is 1. The van der Waals surface area contributed by atoms with Gasteiger partial charge in [0.25, 0.3) is 5.92 Å². The number of carbonyl (C=O) groups excluding carboxylic acids is 2. The van der Waals surface area contributed by atoms with Crippen LogP contribution in [0.25, 0.3) is 10.8 Å². The Morgan fingerprint density at radius 1 is 1.14 bits per heavy atom. The minimum atomic E-state index is -3.55. The molecule has 0 bridgehead atoms. The molecule has 1 heterocycles. The molecular weight excluding hydrogens is 520 g/mol. The third kappa shape index (κ3) is 8.55. The number of amides is 2. The van der Waals surface area contributed by atoms with Crippen LogP contribution in [0.1, 0.15) is 12.0 Å². The summed E-state index contributed by atoms with van der Waals surface area (Å²) in [6.45, 7) is -2.43. The second-order valence-corrected chi connectivity index (χ2v) is 8.46. The van der Waals surface area contributed by atoms with Crippen molar-refractivity contribution in [3.05, 3.63) is 70.9 Å². The minimum Gasteiger partial charge on any atom is -0.447 e. The Bertz CT molecular complexity index is 1260. The van der Waals surface area contributed by atoms with E-state index in [0.29, 0.717) is 16.3 Å². The smallest absolute Gasteiger partial charge is 0.412 e. The van der Waals surface area contributed by atoms with Crippen LogP contribution < -0.4 is 16.0 Å². The Balaban J connectivity index is 1.55. The summed E-state index contributed by atoms with van der Waals surface area (Å²) >= 11 is 5.85. The summed E-state index contributed by atoms with van der Waals surface area (Å²) in [5, 5.41) is 17.2. The fourth-order valence-corrected chi connectivity index (χ4v) is 3.54. The average molecular weight is 543 g/mol. The third-order valence-electron chi connectivity index (χ3n) is 5.10. The highest BCUT2D eigenvalue weighted by atomic mass is 35.5. The first kappa shape index (κ1) is 28.1. The molecule has 37 heavy (non-hydrogen) atoms. The molecule has 3 aromatic rings. The first-order valence-electron chi connectivity index (χ1n) is 11.0. The normalized spacial score (nSPS) is 12.3. The minimum absolute atomic E-state index is 0.0308. The molecule has 0 spiro atoms. The van der Waals surface area contributed by atoms with Gasteiger partial charge < -0.3 is 20.5 Å². The summed E-state index contributed by atoms with van der Waals surface area (Å²) < 4.78 is 59.5. The van der Waals surface area contributed by atoms with Gasteiger partial charge in [-0.05, 0) is 41.3 Å². The van der Waals surface area contributed by atoms with Crippen molar-refractivity contribution in [3.8, 4) is 0 Å². The number of aromatic nitrogens is 1. The Labute approximate surface area is 214 Å². The highest BCUT2D eigenvalue weighted by Crippen LogP contribution is 2.21. The maximum atomic E-state index is 13.8. The lowest BCUT2D eigenvalue weighted by molar-refractivity contribution is -0.122. The van der Waals surface area contributed by atoms with Crippen molar-refractivity contribution in [2.24, 2.45) is 0 Å². The predicted molar refractivity (Wildman–Crippen MR) is 128 cm³/mol. The molecular formula is C24H23ClF4N4O4. The van der Waals surface area contributed by atoms with Crippen LogP contribution in [0, 0.1) is 11.6 Å². The molecule has 0 fully saturated rings. The molecule has 13 heteroatoms. The molecule has 1 aromatic heterocycles. The van der Waals surface area contributed by atoms with Gasteiger partial charge in [-0.25, -0.2) is 27.3 Å². The molecule has 0 radical (unpaired) electrons. The summed E-state index contributed by atoms with van der Waals surface area (Å²) in [6, 6.07) is 8.23. The summed E-state index contributed by atoms with van der Waals surface area (Å²) in [5.74, 6) is -5.34. The van der Waals surface area contributed by atoms with Crippen LogP contribution in [0.5, 0.6) is 0 Å². The van der Waals surface area contributed by atoms with E-state index < -0.39 is 55.2 Å². The van der Waals surface area contributed by atoms with E-state index in [1.807, 2.05) is 0 Å².